The maximum Gasteiger partial charge on any atom is 0.0230 e. The van der Waals surface area contributed by atoms with E-state index in [2.05, 4.69) is 38.8 Å². The van der Waals surface area contributed by atoms with E-state index < -0.39 is 0 Å². The van der Waals surface area contributed by atoms with Crippen LogP contribution in [0.15, 0.2) is 11.8 Å². The fourth-order valence-corrected chi connectivity index (χ4v) is 2.24. The molecule has 0 radical (unpaired) electrons. The predicted octanol–water partition coefficient (Wildman–Crippen LogP) is 3.95. The Labute approximate surface area is 89.2 Å². The monoisotopic (exact) mass is 195 g/mol. The Morgan fingerprint density at radius 1 is 0.929 bits per heavy atom. The van der Waals surface area contributed by atoms with E-state index in [4.69, 9.17) is 0 Å². The average Bonchev–Trinajstić information content (AvgIpc) is 2.15. The lowest BCUT2D eigenvalue weighted by Gasteiger charge is -2.31. The molecular weight excluding hydrogens is 170 g/mol. The third kappa shape index (κ3) is 3.36. The minimum absolute atomic E-state index is 0.629. The molecule has 1 aliphatic carbocycles. The molecule has 0 amide bonds. The SMILES string of the molecule is CC(C)N(C=C1CCCCC1)C(C)C. The van der Waals surface area contributed by atoms with Crippen molar-refractivity contribution in [2.45, 2.75) is 71.9 Å². The summed E-state index contributed by atoms with van der Waals surface area (Å²) in [6.45, 7) is 9.11. The number of allylic oxidation sites excluding steroid dienone is 1. The van der Waals surface area contributed by atoms with Crippen molar-refractivity contribution < 1.29 is 0 Å². The van der Waals surface area contributed by atoms with Crippen molar-refractivity contribution in [3.63, 3.8) is 0 Å². The molecule has 0 atom stereocenters. The molecule has 0 saturated heterocycles. The van der Waals surface area contributed by atoms with Crippen LogP contribution in [0.4, 0.5) is 0 Å². The maximum atomic E-state index is 2.49. The first-order chi connectivity index (χ1) is 6.61. The summed E-state index contributed by atoms with van der Waals surface area (Å²) >= 11 is 0. The fraction of sp³-hybridized carbons (Fsp3) is 0.846. The van der Waals surface area contributed by atoms with E-state index in [0.717, 1.165) is 0 Å². The Morgan fingerprint density at radius 3 is 1.86 bits per heavy atom. The van der Waals surface area contributed by atoms with Crippen LogP contribution in [0.5, 0.6) is 0 Å². The molecule has 0 aromatic carbocycles. The van der Waals surface area contributed by atoms with Crippen molar-refractivity contribution in [2.24, 2.45) is 0 Å². The van der Waals surface area contributed by atoms with Crippen molar-refractivity contribution in [1.82, 2.24) is 4.90 Å². The second kappa shape index (κ2) is 5.43. The molecule has 14 heavy (non-hydrogen) atoms. The van der Waals surface area contributed by atoms with Gasteiger partial charge in [-0.15, -0.1) is 0 Å². The topological polar surface area (TPSA) is 3.24 Å². The number of nitrogens with zero attached hydrogens (tertiary/aromatic N) is 1. The van der Waals surface area contributed by atoms with Gasteiger partial charge in [-0.25, -0.2) is 0 Å². The van der Waals surface area contributed by atoms with E-state index in [1.807, 2.05) is 0 Å². The lowest BCUT2D eigenvalue weighted by molar-refractivity contribution is 0.252. The van der Waals surface area contributed by atoms with Gasteiger partial charge in [-0.2, -0.15) is 0 Å². The van der Waals surface area contributed by atoms with Gasteiger partial charge in [0.1, 0.15) is 0 Å². The molecule has 0 aromatic heterocycles. The summed E-state index contributed by atoms with van der Waals surface area (Å²) < 4.78 is 0. The molecule has 0 heterocycles. The number of rotatable bonds is 3. The van der Waals surface area contributed by atoms with E-state index in [-0.39, 0.29) is 0 Å². The van der Waals surface area contributed by atoms with Crippen LogP contribution < -0.4 is 0 Å². The van der Waals surface area contributed by atoms with Gasteiger partial charge in [0.15, 0.2) is 0 Å². The summed E-state index contributed by atoms with van der Waals surface area (Å²) in [5, 5.41) is 0. The van der Waals surface area contributed by atoms with Crippen molar-refractivity contribution in [2.75, 3.05) is 0 Å². The van der Waals surface area contributed by atoms with Crippen LogP contribution in [0.25, 0.3) is 0 Å². The Kier molecular flexibility index (Phi) is 4.50. The van der Waals surface area contributed by atoms with Crippen LogP contribution in [0.3, 0.4) is 0 Å². The standard InChI is InChI=1S/C13H25N/c1-11(2)14(12(3)4)10-13-8-6-5-7-9-13/h10-12H,5-9H2,1-4H3. The van der Waals surface area contributed by atoms with Gasteiger partial charge in [0.05, 0.1) is 0 Å². The van der Waals surface area contributed by atoms with Crippen molar-refractivity contribution >= 4 is 0 Å². The molecule has 0 unspecified atom stereocenters. The fourth-order valence-electron chi connectivity index (χ4n) is 2.24. The second-order valence-electron chi connectivity index (χ2n) is 4.98. The van der Waals surface area contributed by atoms with Gasteiger partial charge < -0.3 is 4.90 Å². The quantitative estimate of drug-likeness (QED) is 0.659. The third-order valence-electron chi connectivity index (χ3n) is 3.02. The Balaban J connectivity index is 2.59. The van der Waals surface area contributed by atoms with E-state index >= 15 is 0 Å². The first-order valence-electron chi connectivity index (χ1n) is 6.08. The molecule has 1 heteroatoms. The van der Waals surface area contributed by atoms with Gasteiger partial charge in [-0.05, 0) is 59.6 Å². The average molecular weight is 195 g/mol. The van der Waals surface area contributed by atoms with Crippen LogP contribution in [0, 0.1) is 0 Å². The van der Waals surface area contributed by atoms with E-state index in [1.54, 1.807) is 5.57 Å². The number of hydrogen-bond acceptors (Lipinski definition) is 1. The van der Waals surface area contributed by atoms with Gasteiger partial charge in [-0.1, -0.05) is 12.0 Å². The highest BCUT2D eigenvalue weighted by Gasteiger charge is 2.12. The summed E-state index contributed by atoms with van der Waals surface area (Å²) in [6, 6.07) is 1.26. The Bertz CT molecular complexity index is 175. The predicted molar refractivity (Wildman–Crippen MR) is 63.3 cm³/mol. The molecule has 1 aliphatic rings. The molecule has 1 saturated carbocycles. The molecule has 0 bridgehead atoms. The zero-order valence-corrected chi connectivity index (χ0v) is 10.2. The summed E-state index contributed by atoms with van der Waals surface area (Å²) in [4.78, 5) is 2.49. The van der Waals surface area contributed by atoms with E-state index in [1.165, 1.54) is 32.1 Å². The molecule has 1 rings (SSSR count). The molecule has 0 spiro atoms. The zero-order chi connectivity index (χ0) is 10.6. The van der Waals surface area contributed by atoms with Gasteiger partial charge in [0, 0.05) is 12.1 Å². The van der Waals surface area contributed by atoms with Crippen LogP contribution in [0.1, 0.15) is 59.8 Å². The summed E-state index contributed by atoms with van der Waals surface area (Å²) in [5.74, 6) is 0. The minimum atomic E-state index is 0.629. The molecule has 1 nitrogen and oxygen atoms in total. The third-order valence-corrected chi connectivity index (χ3v) is 3.02. The van der Waals surface area contributed by atoms with E-state index in [9.17, 15) is 0 Å². The first kappa shape index (κ1) is 11.6. The van der Waals surface area contributed by atoms with Crippen molar-refractivity contribution in [3.8, 4) is 0 Å². The second-order valence-corrected chi connectivity index (χ2v) is 4.98. The van der Waals surface area contributed by atoms with Crippen molar-refractivity contribution in [3.05, 3.63) is 11.8 Å². The summed E-state index contributed by atoms with van der Waals surface area (Å²) in [6.07, 6.45) is 9.31. The summed E-state index contributed by atoms with van der Waals surface area (Å²) in [7, 11) is 0. The van der Waals surface area contributed by atoms with Gasteiger partial charge in [0.2, 0.25) is 0 Å². The largest absolute Gasteiger partial charge is 0.373 e. The lowest BCUT2D eigenvalue weighted by Crippen LogP contribution is -2.32. The smallest absolute Gasteiger partial charge is 0.0230 e. The van der Waals surface area contributed by atoms with Crippen LogP contribution >= 0.6 is 0 Å². The zero-order valence-electron chi connectivity index (χ0n) is 10.2. The molecule has 0 aromatic rings. The molecule has 82 valence electrons. The van der Waals surface area contributed by atoms with Gasteiger partial charge >= 0.3 is 0 Å². The van der Waals surface area contributed by atoms with Crippen LogP contribution in [-0.2, 0) is 0 Å². The van der Waals surface area contributed by atoms with Crippen LogP contribution in [-0.4, -0.2) is 17.0 Å². The Hall–Kier alpha value is -0.460. The minimum Gasteiger partial charge on any atom is -0.373 e. The molecule has 1 fully saturated rings. The van der Waals surface area contributed by atoms with E-state index in [0.29, 0.717) is 12.1 Å². The normalized spacial score (nSPS) is 17.7. The first-order valence-corrected chi connectivity index (χ1v) is 6.08. The van der Waals surface area contributed by atoms with Gasteiger partial charge in [-0.3, -0.25) is 0 Å². The molecule has 0 aliphatic heterocycles. The maximum absolute atomic E-state index is 2.49. The highest BCUT2D eigenvalue weighted by atomic mass is 15.2. The highest BCUT2D eigenvalue weighted by Crippen LogP contribution is 2.24. The van der Waals surface area contributed by atoms with Crippen molar-refractivity contribution in [1.29, 1.82) is 0 Å². The summed E-state index contributed by atoms with van der Waals surface area (Å²) in [5.41, 5.74) is 1.67. The van der Waals surface area contributed by atoms with Crippen LogP contribution in [0.2, 0.25) is 0 Å². The Morgan fingerprint density at radius 2 is 1.43 bits per heavy atom. The number of hydrogen-bond donors (Lipinski definition) is 0. The molecular formula is C13H25N. The van der Waals surface area contributed by atoms with Gasteiger partial charge in [0.25, 0.3) is 0 Å². The molecule has 0 N–H and O–H groups in total. The highest BCUT2D eigenvalue weighted by molar-refractivity contribution is 5.04. The lowest BCUT2D eigenvalue weighted by atomic mass is 9.95.